The summed E-state index contributed by atoms with van der Waals surface area (Å²) in [7, 11) is 0. The Morgan fingerprint density at radius 3 is 2.70 bits per heavy atom. The highest BCUT2D eigenvalue weighted by Crippen LogP contribution is 2.30. The van der Waals surface area contributed by atoms with Gasteiger partial charge in [-0.15, -0.1) is 0 Å². The van der Waals surface area contributed by atoms with Gasteiger partial charge in [-0.25, -0.2) is 4.39 Å². The van der Waals surface area contributed by atoms with Gasteiger partial charge in [0, 0.05) is 30.8 Å². The van der Waals surface area contributed by atoms with Crippen molar-refractivity contribution in [3.63, 3.8) is 0 Å². The van der Waals surface area contributed by atoms with Gasteiger partial charge in [0.15, 0.2) is 0 Å². The number of hydrogen-bond acceptors (Lipinski definition) is 3. The molecule has 1 aliphatic heterocycles. The summed E-state index contributed by atoms with van der Waals surface area (Å²) < 4.78 is 13.6. The van der Waals surface area contributed by atoms with E-state index in [2.05, 4.69) is 4.98 Å². The molecule has 1 fully saturated rings. The summed E-state index contributed by atoms with van der Waals surface area (Å²) in [5, 5.41) is 0.541. The van der Waals surface area contributed by atoms with Crippen molar-refractivity contribution in [3.05, 3.63) is 77.2 Å². The molecular weight excluding hydrogens is 381 g/mol. The predicted octanol–water partition coefficient (Wildman–Crippen LogP) is 3.81. The number of carbonyl (C=O) groups is 2. The predicted molar refractivity (Wildman–Crippen MR) is 114 cm³/mol. The van der Waals surface area contributed by atoms with Crippen LogP contribution >= 0.6 is 0 Å². The Morgan fingerprint density at radius 1 is 1.13 bits per heavy atom. The summed E-state index contributed by atoms with van der Waals surface area (Å²) in [6.07, 6.45) is 2.81. The first-order chi connectivity index (χ1) is 14.5. The van der Waals surface area contributed by atoms with Gasteiger partial charge in [0.25, 0.3) is 5.91 Å². The number of rotatable bonds is 5. The minimum absolute atomic E-state index is 0.0728. The van der Waals surface area contributed by atoms with Crippen molar-refractivity contribution in [2.24, 2.45) is 5.73 Å². The Bertz CT molecular complexity index is 1080. The van der Waals surface area contributed by atoms with Crippen molar-refractivity contribution in [1.82, 2.24) is 9.88 Å². The van der Waals surface area contributed by atoms with Crippen molar-refractivity contribution in [2.45, 2.75) is 31.6 Å². The van der Waals surface area contributed by atoms with E-state index in [9.17, 15) is 14.0 Å². The fourth-order valence-electron chi connectivity index (χ4n) is 4.15. The van der Waals surface area contributed by atoms with Crippen LogP contribution in [0, 0.1) is 5.82 Å². The molecule has 2 heterocycles. The van der Waals surface area contributed by atoms with Crippen molar-refractivity contribution in [1.29, 1.82) is 0 Å². The van der Waals surface area contributed by atoms with Gasteiger partial charge < -0.3 is 10.6 Å². The highest BCUT2D eigenvalue weighted by Gasteiger charge is 2.28. The molecule has 1 aliphatic rings. The zero-order chi connectivity index (χ0) is 21.1. The fraction of sp³-hybridized carbons (Fsp3) is 0.292. The molecule has 2 aromatic carbocycles. The molecule has 0 radical (unpaired) electrons. The van der Waals surface area contributed by atoms with Gasteiger partial charge in [-0.1, -0.05) is 30.3 Å². The first-order valence-corrected chi connectivity index (χ1v) is 10.2. The van der Waals surface area contributed by atoms with Crippen molar-refractivity contribution in [3.8, 4) is 0 Å². The van der Waals surface area contributed by atoms with Crippen LogP contribution in [-0.2, 0) is 11.2 Å². The average Bonchev–Trinajstić information content (AvgIpc) is 2.77. The largest absolute Gasteiger partial charge is 0.366 e. The molecule has 5 nitrogen and oxygen atoms in total. The lowest BCUT2D eigenvalue weighted by atomic mass is 9.90. The summed E-state index contributed by atoms with van der Waals surface area (Å²) in [5.74, 6) is -0.945. The minimum Gasteiger partial charge on any atom is -0.366 e. The number of carbonyl (C=O) groups excluding carboxylic acids is 2. The van der Waals surface area contributed by atoms with Crippen LogP contribution < -0.4 is 5.73 Å². The lowest BCUT2D eigenvalue weighted by Gasteiger charge is -2.33. The van der Waals surface area contributed by atoms with E-state index in [1.807, 2.05) is 35.2 Å². The number of halogens is 1. The lowest BCUT2D eigenvalue weighted by molar-refractivity contribution is -0.132. The van der Waals surface area contributed by atoms with Gasteiger partial charge in [-0.3, -0.25) is 14.6 Å². The van der Waals surface area contributed by atoms with Gasteiger partial charge in [-0.2, -0.15) is 0 Å². The quantitative estimate of drug-likeness (QED) is 0.701. The second-order valence-corrected chi connectivity index (χ2v) is 7.79. The van der Waals surface area contributed by atoms with Crippen molar-refractivity contribution < 1.29 is 14.0 Å². The molecule has 1 saturated heterocycles. The molecule has 3 aromatic rings. The minimum atomic E-state index is -0.587. The van der Waals surface area contributed by atoms with Gasteiger partial charge in [0.05, 0.1) is 16.8 Å². The fourth-order valence-corrected chi connectivity index (χ4v) is 4.15. The van der Waals surface area contributed by atoms with Crippen LogP contribution in [0.1, 0.15) is 46.8 Å². The molecule has 2 N–H and O–H groups in total. The lowest BCUT2D eigenvalue weighted by Crippen LogP contribution is -2.40. The van der Waals surface area contributed by atoms with Gasteiger partial charge in [0.2, 0.25) is 5.91 Å². The number of primary amides is 1. The summed E-state index contributed by atoms with van der Waals surface area (Å²) in [6.45, 7) is 1.21. The summed E-state index contributed by atoms with van der Waals surface area (Å²) in [5.41, 5.74) is 8.26. The number of nitrogens with zero attached hydrogens (tertiary/aromatic N) is 2. The number of benzene rings is 2. The number of hydrogen-bond donors (Lipinski definition) is 1. The van der Waals surface area contributed by atoms with Crippen LogP contribution in [0.25, 0.3) is 10.9 Å². The third-order valence-corrected chi connectivity index (χ3v) is 5.70. The molecule has 1 aromatic heterocycles. The summed E-state index contributed by atoms with van der Waals surface area (Å²) >= 11 is 0. The normalized spacial score (nSPS) is 16.6. The molecule has 0 aliphatic carbocycles. The molecule has 2 amide bonds. The maximum Gasteiger partial charge on any atom is 0.250 e. The zero-order valence-electron chi connectivity index (χ0n) is 16.7. The highest BCUT2D eigenvalue weighted by molar-refractivity contribution is 5.97. The second kappa shape index (κ2) is 8.61. The van der Waals surface area contributed by atoms with E-state index < -0.39 is 5.91 Å². The number of aromatic nitrogens is 1. The van der Waals surface area contributed by atoms with Crippen LogP contribution in [0.3, 0.4) is 0 Å². The Labute approximate surface area is 174 Å². The number of fused-ring (bicyclic) bond motifs is 1. The Hall–Kier alpha value is -3.28. The van der Waals surface area contributed by atoms with E-state index in [-0.39, 0.29) is 17.6 Å². The average molecular weight is 405 g/mol. The molecule has 30 heavy (non-hydrogen) atoms. The number of pyridine rings is 1. The number of aryl methyl sites for hydroxylation is 1. The van der Waals surface area contributed by atoms with Gasteiger partial charge >= 0.3 is 0 Å². The molecule has 6 heteroatoms. The van der Waals surface area contributed by atoms with Crippen molar-refractivity contribution in [2.75, 3.05) is 13.1 Å². The molecule has 0 unspecified atom stereocenters. The topological polar surface area (TPSA) is 76.3 Å². The third kappa shape index (κ3) is 4.32. The summed E-state index contributed by atoms with van der Waals surface area (Å²) in [6, 6.07) is 15.9. The van der Waals surface area contributed by atoms with E-state index in [4.69, 9.17) is 5.73 Å². The van der Waals surface area contributed by atoms with Gasteiger partial charge in [-0.05, 0) is 49.1 Å². The summed E-state index contributed by atoms with van der Waals surface area (Å²) in [4.78, 5) is 31.4. The monoisotopic (exact) mass is 405 g/mol. The Morgan fingerprint density at radius 2 is 1.93 bits per heavy atom. The van der Waals surface area contributed by atoms with Gasteiger partial charge in [0.1, 0.15) is 5.82 Å². The van der Waals surface area contributed by atoms with Crippen LogP contribution in [-0.4, -0.2) is 34.8 Å². The number of piperidine rings is 1. The van der Waals surface area contributed by atoms with E-state index in [0.29, 0.717) is 48.1 Å². The third-order valence-electron chi connectivity index (χ3n) is 5.70. The molecular formula is C24H24FN3O2. The van der Waals surface area contributed by atoms with Crippen LogP contribution in [0.15, 0.2) is 54.6 Å². The molecule has 0 bridgehead atoms. The van der Waals surface area contributed by atoms with E-state index in [1.54, 1.807) is 12.1 Å². The number of likely N-dealkylation sites (tertiary alicyclic amines) is 1. The van der Waals surface area contributed by atoms with E-state index >= 15 is 0 Å². The van der Waals surface area contributed by atoms with E-state index in [1.165, 1.54) is 12.1 Å². The molecule has 154 valence electrons. The molecule has 1 atom stereocenters. The Kier molecular flexibility index (Phi) is 5.74. The maximum absolute atomic E-state index is 13.6. The van der Waals surface area contributed by atoms with Crippen LogP contribution in [0.5, 0.6) is 0 Å². The first kappa shape index (κ1) is 20.0. The van der Waals surface area contributed by atoms with E-state index in [0.717, 1.165) is 18.4 Å². The molecule has 0 spiro atoms. The number of nitrogens with two attached hydrogens (primary N) is 1. The van der Waals surface area contributed by atoms with Crippen molar-refractivity contribution >= 4 is 22.7 Å². The van der Waals surface area contributed by atoms with Crippen LogP contribution in [0.2, 0.25) is 0 Å². The standard InChI is InChI=1S/C24H24FN3O2/c25-19-9-10-21-18(13-19)14-20(24(26)30)23(27-21)17-7-4-12-28(15-17)22(29)11-8-16-5-2-1-3-6-16/h1-3,5-6,9-10,13-14,17H,4,7-8,11-12,15H2,(H2,26,30)/t17-/m1/s1. The molecule has 4 rings (SSSR count). The first-order valence-electron chi connectivity index (χ1n) is 10.2. The molecule has 0 saturated carbocycles. The maximum atomic E-state index is 13.6. The zero-order valence-corrected chi connectivity index (χ0v) is 16.7. The SMILES string of the molecule is NC(=O)c1cc2cc(F)ccc2nc1[C@@H]1CCCN(C(=O)CCc2ccccc2)C1. The Balaban J connectivity index is 1.54. The van der Waals surface area contributed by atoms with Crippen LogP contribution in [0.4, 0.5) is 4.39 Å². The number of amides is 2. The highest BCUT2D eigenvalue weighted by atomic mass is 19.1. The second-order valence-electron chi connectivity index (χ2n) is 7.79. The smallest absolute Gasteiger partial charge is 0.250 e.